The van der Waals surface area contributed by atoms with Gasteiger partial charge in [0.2, 0.25) is 0 Å². The summed E-state index contributed by atoms with van der Waals surface area (Å²) >= 11 is 18.5. The topological polar surface area (TPSA) is 38.0 Å². The first-order valence-corrected chi connectivity index (χ1v) is 7.98. The summed E-state index contributed by atoms with van der Waals surface area (Å²) in [6.45, 7) is 4.69. The van der Waals surface area contributed by atoms with Gasteiger partial charge in [-0.2, -0.15) is 5.10 Å². The van der Waals surface area contributed by atoms with Gasteiger partial charge in [-0.3, -0.25) is 4.68 Å². The van der Waals surface area contributed by atoms with Gasteiger partial charge in [0, 0.05) is 28.6 Å². The predicted molar refractivity (Wildman–Crippen MR) is 87.4 cm³/mol. The third-order valence-corrected chi connectivity index (χ3v) is 4.41. The van der Waals surface area contributed by atoms with Crippen molar-refractivity contribution in [3.05, 3.63) is 50.2 Å². The number of rotatable bonds is 5. The molecule has 0 aliphatic carbocycles. The fourth-order valence-corrected chi connectivity index (χ4v) is 3.05. The molecule has 1 heterocycles. The first-order valence-electron chi connectivity index (χ1n) is 6.84. The Morgan fingerprint density at radius 2 is 1.95 bits per heavy atom. The molecule has 0 fully saturated rings. The van der Waals surface area contributed by atoms with Gasteiger partial charge in [0.15, 0.2) is 0 Å². The van der Waals surface area contributed by atoms with E-state index in [2.05, 4.69) is 5.10 Å². The van der Waals surface area contributed by atoms with Crippen LogP contribution in [0.5, 0.6) is 0 Å². The van der Waals surface area contributed by atoms with Gasteiger partial charge < -0.3 is 5.11 Å². The normalized spacial score (nSPS) is 12.7. The van der Waals surface area contributed by atoms with Crippen molar-refractivity contribution in [3.8, 4) is 0 Å². The predicted octanol–water partition coefficient (Wildman–Crippen LogP) is 4.70. The number of hydrogen-bond donors (Lipinski definition) is 1. The zero-order valence-electron chi connectivity index (χ0n) is 11.9. The number of benzene rings is 1. The molecular formula is C15H17Cl3N2O. The Hall–Kier alpha value is -0.740. The molecule has 1 unspecified atom stereocenters. The van der Waals surface area contributed by atoms with Gasteiger partial charge in [-0.25, -0.2) is 0 Å². The number of aliphatic hydroxyl groups excluding tert-OH is 1. The first-order chi connectivity index (χ1) is 9.97. The minimum atomic E-state index is -0.777. The Kier molecular flexibility index (Phi) is 5.55. The highest BCUT2D eigenvalue weighted by Gasteiger charge is 2.20. The van der Waals surface area contributed by atoms with E-state index in [-0.39, 0.29) is 0 Å². The van der Waals surface area contributed by atoms with Crippen LogP contribution < -0.4 is 0 Å². The second-order valence-corrected chi connectivity index (χ2v) is 5.98. The smallest absolute Gasteiger partial charge is 0.0860 e. The molecule has 3 nitrogen and oxygen atoms in total. The van der Waals surface area contributed by atoms with Gasteiger partial charge in [-0.05, 0) is 31.5 Å². The maximum absolute atomic E-state index is 10.5. The molecule has 0 bridgehead atoms. The van der Waals surface area contributed by atoms with E-state index in [9.17, 15) is 5.11 Å². The van der Waals surface area contributed by atoms with Crippen molar-refractivity contribution in [1.29, 1.82) is 0 Å². The summed E-state index contributed by atoms with van der Waals surface area (Å²) in [6.07, 6.45) is 0.326. The minimum Gasteiger partial charge on any atom is -0.388 e. The molecule has 6 heteroatoms. The lowest BCUT2D eigenvalue weighted by Crippen LogP contribution is -2.09. The van der Waals surface area contributed by atoms with Crippen LogP contribution in [0.15, 0.2) is 18.2 Å². The molecule has 21 heavy (non-hydrogen) atoms. The average molecular weight is 348 g/mol. The fraction of sp³-hybridized carbons (Fsp3) is 0.400. The maximum Gasteiger partial charge on any atom is 0.0860 e. The van der Waals surface area contributed by atoms with Crippen molar-refractivity contribution >= 4 is 34.8 Å². The van der Waals surface area contributed by atoms with E-state index < -0.39 is 6.10 Å². The van der Waals surface area contributed by atoms with E-state index in [1.807, 2.05) is 18.5 Å². The Bertz CT molecular complexity index is 640. The Balaban J connectivity index is 2.33. The molecule has 1 aromatic carbocycles. The van der Waals surface area contributed by atoms with Crippen LogP contribution in [-0.2, 0) is 19.4 Å². The van der Waals surface area contributed by atoms with Crippen LogP contribution in [0.3, 0.4) is 0 Å². The Morgan fingerprint density at radius 3 is 2.57 bits per heavy atom. The highest BCUT2D eigenvalue weighted by atomic mass is 35.5. The molecule has 0 radical (unpaired) electrons. The summed E-state index contributed by atoms with van der Waals surface area (Å²) in [5, 5.41) is 16.6. The highest BCUT2D eigenvalue weighted by molar-refractivity contribution is 6.33. The molecule has 1 atom stereocenters. The molecule has 0 spiro atoms. The zero-order valence-corrected chi connectivity index (χ0v) is 14.2. The third-order valence-electron chi connectivity index (χ3n) is 3.40. The molecule has 114 valence electrons. The van der Waals surface area contributed by atoms with Gasteiger partial charge in [-0.15, -0.1) is 0 Å². The van der Waals surface area contributed by atoms with E-state index in [0.717, 1.165) is 17.8 Å². The second kappa shape index (κ2) is 7.01. The standard InChI is InChI=1S/C15H17Cl3N2O/c1-3-12-15(18)13(20(4-2)19-12)8-14(21)10-7-9(16)5-6-11(10)17/h5-7,14,21H,3-4,8H2,1-2H3. The molecule has 0 saturated heterocycles. The van der Waals surface area contributed by atoms with Crippen molar-refractivity contribution in [3.63, 3.8) is 0 Å². The summed E-state index contributed by atoms with van der Waals surface area (Å²) < 4.78 is 1.82. The first kappa shape index (κ1) is 16.6. The van der Waals surface area contributed by atoms with E-state index >= 15 is 0 Å². The van der Waals surface area contributed by atoms with Gasteiger partial charge in [0.1, 0.15) is 0 Å². The van der Waals surface area contributed by atoms with Crippen LogP contribution in [0.4, 0.5) is 0 Å². The van der Waals surface area contributed by atoms with Crippen LogP contribution in [0, 0.1) is 0 Å². The lowest BCUT2D eigenvalue weighted by molar-refractivity contribution is 0.175. The summed E-state index contributed by atoms with van der Waals surface area (Å²) in [6, 6.07) is 5.05. The molecule has 1 aromatic heterocycles. The third kappa shape index (κ3) is 3.54. The summed E-state index contributed by atoms with van der Waals surface area (Å²) in [4.78, 5) is 0. The van der Waals surface area contributed by atoms with Gasteiger partial charge in [0.25, 0.3) is 0 Å². The molecule has 0 amide bonds. The molecular weight excluding hydrogens is 331 g/mol. The Morgan fingerprint density at radius 1 is 1.24 bits per heavy atom. The molecule has 1 N–H and O–H groups in total. The van der Waals surface area contributed by atoms with Crippen molar-refractivity contribution in [2.75, 3.05) is 0 Å². The minimum absolute atomic E-state index is 0.347. The second-order valence-electron chi connectivity index (χ2n) is 4.76. The highest BCUT2D eigenvalue weighted by Crippen LogP contribution is 2.31. The largest absolute Gasteiger partial charge is 0.388 e. The van der Waals surface area contributed by atoms with Gasteiger partial charge in [0.05, 0.1) is 22.5 Å². The van der Waals surface area contributed by atoms with Crippen LogP contribution in [0.25, 0.3) is 0 Å². The lowest BCUT2D eigenvalue weighted by atomic mass is 10.0. The maximum atomic E-state index is 10.5. The Labute approximate surface area is 139 Å². The zero-order chi connectivity index (χ0) is 15.6. The van der Waals surface area contributed by atoms with Gasteiger partial charge in [-0.1, -0.05) is 41.7 Å². The number of hydrogen-bond acceptors (Lipinski definition) is 2. The average Bonchev–Trinajstić information content (AvgIpc) is 2.77. The van der Waals surface area contributed by atoms with Crippen molar-refractivity contribution in [1.82, 2.24) is 9.78 Å². The summed E-state index contributed by atoms with van der Waals surface area (Å²) in [5.74, 6) is 0. The number of aliphatic hydroxyl groups is 1. The summed E-state index contributed by atoms with van der Waals surface area (Å²) in [5.41, 5.74) is 2.26. The monoisotopic (exact) mass is 346 g/mol. The quantitative estimate of drug-likeness (QED) is 0.851. The van der Waals surface area contributed by atoms with E-state index in [4.69, 9.17) is 34.8 Å². The fourth-order valence-electron chi connectivity index (χ4n) is 2.28. The molecule has 2 rings (SSSR count). The number of aryl methyl sites for hydroxylation is 2. The number of nitrogens with zero attached hydrogens (tertiary/aromatic N) is 2. The van der Waals surface area contributed by atoms with E-state index in [1.165, 1.54) is 0 Å². The van der Waals surface area contributed by atoms with Crippen molar-refractivity contribution in [2.45, 2.75) is 39.3 Å². The summed E-state index contributed by atoms with van der Waals surface area (Å²) in [7, 11) is 0. The van der Waals surface area contributed by atoms with Crippen LogP contribution in [-0.4, -0.2) is 14.9 Å². The number of aromatic nitrogens is 2. The number of halogens is 3. The molecule has 0 aliphatic heterocycles. The molecule has 0 saturated carbocycles. The van der Waals surface area contributed by atoms with Crippen LogP contribution in [0.2, 0.25) is 15.1 Å². The SMILES string of the molecule is CCc1nn(CC)c(CC(O)c2cc(Cl)ccc2Cl)c1Cl. The molecule has 2 aromatic rings. The van der Waals surface area contributed by atoms with Gasteiger partial charge >= 0.3 is 0 Å². The van der Waals surface area contributed by atoms with Crippen molar-refractivity contribution in [2.24, 2.45) is 0 Å². The van der Waals surface area contributed by atoms with E-state index in [0.29, 0.717) is 33.6 Å². The van der Waals surface area contributed by atoms with E-state index in [1.54, 1.807) is 18.2 Å². The van der Waals surface area contributed by atoms with Crippen LogP contribution >= 0.6 is 34.8 Å². The lowest BCUT2D eigenvalue weighted by Gasteiger charge is -2.14. The van der Waals surface area contributed by atoms with Crippen molar-refractivity contribution < 1.29 is 5.11 Å². The molecule has 0 aliphatic rings. The van der Waals surface area contributed by atoms with Crippen LogP contribution in [0.1, 0.15) is 36.9 Å².